The van der Waals surface area contributed by atoms with Crippen LogP contribution in [0.1, 0.15) is 12.6 Å². The second kappa shape index (κ2) is 6.22. The van der Waals surface area contributed by atoms with Crippen LogP contribution in [0, 0.1) is 0 Å². The van der Waals surface area contributed by atoms with E-state index in [9.17, 15) is 13.2 Å². The van der Waals surface area contributed by atoms with Gasteiger partial charge in [-0.2, -0.15) is 13.2 Å². The third-order valence-electron chi connectivity index (χ3n) is 4.58. The highest BCUT2D eigenvalue weighted by molar-refractivity contribution is 6.09. The maximum atomic E-state index is 13.6. The minimum atomic E-state index is -4.52. The summed E-state index contributed by atoms with van der Waals surface area (Å²) < 4.78 is 47.6. The van der Waals surface area contributed by atoms with Crippen LogP contribution in [-0.2, 0) is 12.7 Å². The van der Waals surface area contributed by atoms with Crippen molar-refractivity contribution in [3.8, 4) is 5.75 Å². The van der Waals surface area contributed by atoms with Gasteiger partial charge < -0.3 is 14.2 Å². The summed E-state index contributed by atoms with van der Waals surface area (Å²) >= 11 is 0. The zero-order valence-corrected chi connectivity index (χ0v) is 14.6. The molecule has 3 aromatic rings. The largest absolute Gasteiger partial charge is 0.497 e. The predicted molar refractivity (Wildman–Crippen MR) is 91.9 cm³/mol. The lowest BCUT2D eigenvalue weighted by Gasteiger charge is -2.22. The summed E-state index contributed by atoms with van der Waals surface area (Å²) in [5, 5.41) is 1.31. The zero-order chi connectivity index (χ0) is 18.4. The minimum absolute atomic E-state index is 0.0475. The summed E-state index contributed by atoms with van der Waals surface area (Å²) in [6.07, 6.45) is -3.30. The Balaban J connectivity index is 2.39. The first-order valence-corrected chi connectivity index (χ1v) is 7.92. The monoisotopic (exact) mass is 351 g/mol. The van der Waals surface area contributed by atoms with E-state index in [4.69, 9.17) is 4.74 Å². The van der Waals surface area contributed by atoms with Crippen molar-refractivity contribution in [1.29, 1.82) is 0 Å². The Morgan fingerprint density at radius 3 is 2.52 bits per heavy atom. The molecule has 2 aromatic heterocycles. The third kappa shape index (κ3) is 3.04. The highest BCUT2D eigenvalue weighted by Gasteiger charge is 2.36. The first-order chi connectivity index (χ1) is 11.7. The molecule has 0 aliphatic rings. The number of likely N-dealkylation sites (N-methyl/N-ethyl adjacent to an activating group) is 1. The van der Waals surface area contributed by atoms with E-state index >= 15 is 0 Å². The van der Waals surface area contributed by atoms with Gasteiger partial charge in [0.25, 0.3) is 0 Å². The van der Waals surface area contributed by atoms with Crippen LogP contribution in [0.25, 0.3) is 21.8 Å². The van der Waals surface area contributed by atoms with Crippen LogP contribution in [0.5, 0.6) is 5.75 Å². The molecule has 0 aliphatic carbocycles. The second-order valence-corrected chi connectivity index (χ2v) is 6.36. The lowest BCUT2D eigenvalue weighted by atomic mass is 10.1. The standard InChI is InChI=1S/C18H20F3N3O/c1-11(23(2)3)10-24-15-9-12(25-4)5-6-13(15)14-7-8-22-17(16(14)24)18(19,20)21/h5-9,11H,10H2,1-4H3. The van der Waals surface area contributed by atoms with Crippen LogP contribution in [0.3, 0.4) is 0 Å². The molecule has 2 heterocycles. The summed E-state index contributed by atoms with van der Waals surface area (Å²) in [5.74, 6) is 0.607. The zero-order valence-electron chi connectivity index (χ0n) is 14.6. The van der Waals surface area contributed by atoms with Crippen molar-refractivity contribution < 1.29 is 17.9 Å². The molecule has 1 unspecified atom stereocenters. The van der Waals surface area contributed by atoms with E-state index in [1.165, 1.54) is 6.20 Å². The molecule has 4 nitrogen and oxygen atoms in total. The van der Waals surface area contributed by atoms with Gasteiger partial charge in [-0.05, 0) is 39.2 Å². The molecule has 134 valence electrons. The Hall–Kier alpha value is -2.28. The molecule has 0 amide bonds. The van der Waals surface area contributed by atoms with Gasteiger partial charge in [-0.3, -0.25) is 0 Å². The first-order valence-electron chi connectivity index (χ1n) is 7.92. The molecule has 7 heteroatoms. The van der Waals surface area contributed by atoms with Crippen LogP contribution >= 0.6 is 0 Å². The molecule has 0 fully saturated rings. The van der Waals surface area contributed by atoms with E-state index in [0.717, 1.165) is 5.39 Å². The molecular formula is C18H20F3N3O. The van der Waals surface area contributed by atoms with Gasteiger partial charge >= 0.3 is 6.18 Å². The maximum Gasteiger partial charge on any atom is 0.435 e. The van der Waals surface area contributed by atoms with Crippen molar-refractivity contribution in [1.82, 2.24) is 14.5 Å². The molecule has 1 atom stereocenters. The van der Waals surface area contributed by atoms with Gasteiger partial charge in [0.1, 0.15) is 5.75 Å². The average molecular weight is 351 g/mol. The molecule has 0 radical (unpaired) electrons. The van der Waals surface area contributed by atoms with E-state index < -0.39 is 11.9 Å². The Morgan fingerprint density at radius 2 is 1.92 bits per heavy atom. The lowest BCUT2D eigenvalue weighted by molar-refractivity contribution is -0.140. The summed E-state index contributed by atoms with van der Waals surface area (Å²) in [6.45, 7) is 2.39. The SMILES string of the molecule is COc1ccc2c3ccnc(C(F)(F)F)c3n(CC(C)N(C)C)c2c1. The Labute approximate surface area is 143 Å². The molecule has 0 N–H and O–H groups in total. The molecule has 0 bridgehead atoms. The first kappa shape index (κ1) is 17.5. The summed E-state index contributed by atoms with van der Waals surface area (Å²) in [7, 11) is 5.35. The normalized spacial score (nSPS) is 13.8. The van der Waals surface area contributed by atoms with E-state index in [1.807, 2.05) is 25.9 Å². The maximum absolute atomic E-state index is 13.6. The number of aromatic nitrogens is 2. The number of methoxy groups -OCH3 is 1. The van der Waals surface area contributed by atoms with Crippen molar-refractivity contribution in [2.45, 2.75) is 25.7 Å². The second-order valence-electron chi connectivity index (χ2n) is 6.36. The predicted octanol–water partition coefficient (Wildman–Crippen LogP) is 4.17. The lowest BCUT2D eigenvalue weighted by Crippen LogP contribution is -2.29. The van der Waals surface area contributed by atoms with Crippen molar-refractivity contribution in [3.05, 3.63) is 36.2 Å². The van der Waals surface area contributed by atoms with Crippen LogP contribution in [0.15, 0.2) is 30.5 Å². The topological polar surface area (TPSA) is 30.3 Å². The minimum Gasteiger partial charge on any atom is -0.497 e. The molecule has 25 heavy (non-hydrogen) atoms. The van der Waals surface area contributed by atoms with Gasteiger partial charge in [0.2, 0.25) is 0 Å². The number of hydrogen-bond acceptors (Lipinski definition) is 3. The number of alkyl halides is 3. The number of ether oxygens (including phenoxy) is 1. The molecule has 0 spiro atoms. The van der Waals surface area contributed by atoms with Crippen LogP contribution in [0.4, 0.5) is 13.2 Å². The molecule has 1 aromatic carbocycles. The van der Waals surface area contributed by atoms with E-state index in [1.54, 1.807) is 35.9 Å². The van der Waals surface area contributed by atoms with Crippen LogP contribution in [-0.4, -0.2) is 41.7 Å². The van der Waals surface area contributed by atoms with Crippen LogP contribution < -0.4 is 4.74 Å². The number of halogens is 3. The smallest absolute Gasteiger partial charge is 0.435 e. The van der Waals surface area contributed by atoms with E-state index in [2.05, 4.69) is 4.98 Å². The van der Waals surface area contributed by atoms with Gasteiger partial charge in [-0.25, -0.2) is 4.98 Å². The van der Waals surface area contributed by atoms with Crippen molar-refractivity contribution in [2.24, 2.45) is 0 Å². The number of nitrogens with zero attached hydrogens (tertiary/aromatic N) is 3. The quantitative estimate of drug-likeness (QED) is 0.707. The average Bonchev–Trinajstić information content (AvgIpc) is 2.87. The molecule has 3 rings (SSSR count). The van der Waals surface area contributed by atoms with Crippen LogP contribution in [0.2, 0.25) is 0 Å². The Bertz CT molecular complexity index is 915. The third-order valence-corrected chi connectivity index (χ3v) is 4.58. The number of fused-ring (bicyclic) bond motifs is 3. The summed E-state index contributed by atoms with van der Waals surface area (Å²) in [4.78, 5) is 5.61. The molecule has 0 saturated heterocycles. The fourth-order valence-electron chi connectivity index (χ4n) is 2.98. The van der Waals surface area contributed by atoms with Gasteiger partial charge in [0.15, 0.2) is 5.69 Å². The molecule has 0 aliphatic heterocycles. The Morgan fingerprint density at radius 1 is 1.20 bits per heavy atom. The van der Waals surface area contributed by atoms with Gasteiger partial charge in [0.05, 0.1) is 18.1 Å². The number of benzene rings is 1. The molecule has 0 saturated carbocycles. The van der Waals surface area contributed by atoms with E-state index in [0.29, 0.717) is 23.2 Å². The fourth-order valence-corrected chi connectivity index (χ4v) is 2.98. The summed E-state index contributed by atoms with van der Waals surface area (Å²) in [6, 6.07) is 7.02. The van der Waals surface area contributed by atoms with Gasteiger partial charge in [-0.15, -0.1) is 0 Å². The number of hydrogen-bond donors (Lipinski definition) is 0. The molecular weight excluding hydrogens is 331 g/mol. The van der Waals surface area contributed by atoms with Crippen molar-refractivity contribution >= 4 is 21.8 Å². The Kier molecular flexibility index (Phi) is 4.36. The fraction of sp³-hybridized carbons (Fsp3) is 0.389. The highest BCUT2D eigenvalue weighted by atomic mass is 19.4. The van der Waals surface area contributed by atoms with Crippen molar-refractivity contribution in [3.63, 3.8) is 0 Å². The number of pyridine rings is 1. The van der Waals surface area contributed by atoms with Gasteiger partial charge in [0, 0.05) is 35.6 Å². The van der Waals surface area contributed by atoms with E-state index in [-0.39, 0.29) is 11.6 Å². The number of rotatable bonds is 4. The van der Waals surface area contributed by atoms with Gasteiger partial charge in [-0.1, -0.05) is 0 Å². The highest BCUT2D eigenvalue weighted by Crippen LogP contribution is 2.38. The summed E-state index contributed by atoms with van der Waals surface area (Å²) in [5.41, 5.74) is -0.0281. The van der Waals surface area contributed by atoms with Crippen molar-refractivity contribution in [2.75, 3.05) is 21.2 Å².